The van der Waals surface area contributed by atoms with E-state index >= 15 is 0 Å². The van der Waals surface area contributed by atoms with Gasteiger partial charge in [0.1, 0.15) is 0 Å². The summed E-state index contributed by atoms with van der Waals surface area (Å²) < 4.78 is 3.02. The molecule has 0 unspecified atom stereocenters. The average molecular weight is 336 g/mol. The Morgan fingerprint density at radius 2 is 2.00 bits per heavy atom. The molecule has 2 aromatic rings. The van der Waals surface area contributed by atoms with Gasteiger partial charge >= 0.3 is 0 Å². The number of aryl methyl sites for hydroxylation is 2. The minimum atomic E-state index is 0.0576. The van der Waals surface area contributed by atoms with Crippen LogP contribution in [0.15, 0.2) is 28.9 Å². The fraction of sp³-hybridized carbons (Fsp3) is 0.438. The molecular weight excluding hydrogens is 314 g/mol. The Morgan fingerprint density at radius 3 is 2.65 bits per heavy atom. The van der Waals surface area contributed by atoms with Crippen LogP contribution in [-0.4, -0.2) is 9.78 Å². The summed E-state index contributed by atoms with van der Waals surface area (Å²) in [5.74, 6) is 0. The molecule has 1 N–H and O–H groups in total. The Hall–Kier alpha value is -1.29. The first kappa shape index (κ1) is 15.1. The number of nitrogens with one attached hydrogen (secondary N) is 1. The Balaban J connectivity index is 2.21. The fourth-order valence-corrected chi connectivity index (χ4v) is 2.68. The van der Waals surface area contributed by atoms with E-state index in [1.807, 2.05) is 11.7 Å². The molecule has 1 aromatic heterocycles. The number of aromatic nitrogens is 2. The number of nitrogens with zero attached hydrogens (tertiary/aromatic N) is 2. The van der Waals surface area contributed by atoms with E-state index in [0.717, 1.165) is 22.4 Å². The second-order valence-corrected chi connectivity index (χ2v) is 7.01. The third-order valence-electron chi connectivity index (χ3n) is 3.28. The highest BCUT2D eigenvalue weighted by Gasteiger charge is 2.21. The Bertz CT molecular complexity index is 609. The number of benzene rings is 1. The monoisotopic (exact) mass is 335 g/mol. The van der Waals surface area contributed by atoms with Gasteiger partial charge in [0, 0.05) is 40.9 Å². The van der Waals surface area contributed by atoms with Crippen molar-refractivity contribution in [2.24, 2.45) is 7.05 Å². The first-order chi connectivity index (χ1) is 9.29. The van der Waals surface area contributed by atoms with Crippen molar-refractivity contribution in [3.63, 3.8) is 0 Å². The van der Waals surface area contributed by atoms with Crippen LogP contribution in [0.3, 0.4) is 0 Å². The highest BCUT2D eigenvalue weighted by atomic mass is 79.9. The van der Waals surface area contributed by atoms with Gasteiger partial charge in [-0.05, 0) is 34.5 Å². The minimum Gasteiger partial charge on any atom is -0.380 e. The maximum absolute atomic E-state index is 4.60. The second-order valence-electron chi connectivity index (χ2n) is 6.22. The molecule has 4 heteroatoms. The second kappa shape index (κ2) is 5.60. The van der Waals surface area contributed by atoms with Crippen molar-refractivity contribution >= 4 is 21.6 Å². The lowest BCUT2D eigenvalue weighted by Crippen LogP contribution is -2.16. The lowest BCUT2D eigenvalue weighted by Gasteiger charge is -2.18. The van der Waals surface area contributed by atoms with Crippen molar-refractivity contribution in [1.29, 1.82) is 0 Å². The van der Waals surface area contributed by atoms with Crippen LogP contribution in [0, 0.1) is 6.92 Å². The van der Waals surface area contributed by atoms with Crippen LogP contribution >= 0.6 is 15.9 Å². The van der Waals surface area contributed by atoms with Gasteiger partial charge in [-0.2, -0.15) is 5.10 Å². The van der Waals surface area contributed by atoms with Crippen molar-refractivity contribution in [2.75, 3.05) is 5.32 Å². The molecule has 0 fully saturated rings. The standard InChI is InChI=1S/C16H22BrN3/c1-11-7-6-8-13(14(11)17)18-9-12-10-20(5)19-15(12)16(2,3)4/h6-8,10,18H,9H2,1-5H3. The summed E-state index contributed by atoms with van der Waals surface area (Å²) in [5, 5.41) is 8.09. The van der Waals surface area contributed by atoms with Gasteiger partial charge in [-0.1, -0.05) is 32.9 Å². The Kier molecular flexibility index (Phi) is 4.23. The van der Waals surface area contributed by atoms with Crippen LogP contribution in [0.25, 0.3) is 0 Å². The van der Waals surface area contributed by atoms with Crippen molar-refractivity contribution in [1.82, 2.24) is 9.78 Å². The molecule has 0 aliphatic rings. The van der Waals surface area contributed by atoms with Gasteiger partial charge in [-0.3, -0.25) is 4.68 Å². The van der Waals surface area contributed by atoms with Crippen molar-refractivity contribution in [3.05, 3.63) is 45.7 Å². The number of anilines is 1. The summed E-state index contributed by atoms with van der Waals surface area (Å²) in [6.45, 7) is 9.46. The zero-order valence-electron chi connectivity index (χ0n) is 12.8. The molecule has 2 rings (SSSR count). The molecule has 0 atom stereocenters. The summed E-state index contributed by atoms with van der Waals surface area (Å²) in [7, 11) is 1.97. The maximum atomic E-state index is 4.60. The van der Waals surface area contributed by atoms with E-state index < -0.39 is 0 Å². The Morgan fingerprint density at radius 1 is 1.30 bits per heavy atom. The summed E-state index contributed by atoms with van der Waals surface area (Å²) >= 11 is 3.63. The highest BCUT2D eigenvalue weighted by Crippen LogP contribution is 2.28. The molecule has 0 bridgehead atoms. The van der Waals surface area contributed by atoms with Crippen LogP contribution in [0.1, 0.15) is 37.6 Å². The van der Waals surface area contributed by atoms with E-state index in [2.05, 4.69) is 78.4 Å². The average Bonchev–Trinajstić information content (AvgIpc) is 2.72. The van der Waals surface area contributed by atoms with Gasteiger partial charge in [-0.25, -0.2) is 0 Å². The van der Waals surface area contributed by atoms with Gasteiger partial charge < -0.3 is 5.32 Å². The predicted molar refractivity (Wildman–Crippen MR) is 88.1 cm³/mol. The summed E-state index contributed by atoms with van der Waals surface area (Å²) in [4.78, 5) is 0. The summed E-state index contributed by atoms with van der Waals surface area (Å²) in [6, 6.07) is 6.25. The first-order valence-corrected chi connectivity index (χ1v) is 7.60. The normalized spacial score (nSPS) is 11.7. The maximum Gasteiger partial charge on any atom is 0.0727 e. The molecule has 20 heavy (non-hydrogen) atoms. The molecule has 0 aliphatic carbocycles. The number of hydrogen-bond acceptors (Lipinski definition) is 2. The van der Waals surface area contributed by atoms with E-state index in [1.54, 1.807) is 0 Å². The van der Waals surface area contributed by atoms with Gasteiger partial charge in [0.15, 0.2) is 0 Å². The molecular formula is C16H22BrN3. The van der Waals surface area contributed by atoms with E-state index in [4.69, 9.17) is 0 Å². The van der Waals surface area contributed by atoms with Crippen LogP contribution in [0.2, 0.25) is 0 Å². The number of hydrogen-bond donors (Lipinski definition) is 1. The van der Waals surface area contributed by atoms with Crippen molar-refractivity contribution in [3.8, 4) is 0 Å². The molecule has 0 aliphatic heterocycles. The zero-order valence-corrected chi connectivity index (χ0v) is 14.4. The topological polar surface area (TPSA) is 29.9 Å². The third kappa shape index (κ3) is 3.23. The van der Waals surface area contributed by atoms with Crippen molar-refractivity contribution < 1.29 is 0 Å². The largest absolute Gasteiger partial charge is 0.380 e. The van der Waals surface area contributed by atoms with Crippen molar-refractivity contribution in [2.45, 2.75) is 39.7 Å². The first-order valence-electron chi connectivity index (χ1n) is 6.81. The van der Waals surface area contributed by atoms with Crippen LogP contribution in [0.5, 0.6) is 0 Å². The molecule has 0 radical (unpaired) electrons. The van der Waals surface area contributed by atoms with Crippen LogP contribution in [0.4, 0.5) is 5.69 Å². The fourth-order valence-electron chi connectivity index (χ4n) is 2.27. The predicted octanol–water partition coefficient (Wildman–Crippen LogP) is 4.40. The number of halogens is 1. The SMILES string of the molecule is Cc1cccc(NCc2cn(C)nc2C(C)(C)C)c1Br. The van der Waals surface area contributed by atoms with Gasteiger partial charge in [0.25, 0.3) is 0 Å². The highest BCUT2D eigenvalue weighted by molar-refractivity contribution is 9.10. The summed E-state index contributed by atoms with van der Waals surface area (Å²) in [6.07, 6.45) is 2.09. The van der Waals surface area contributed by atoms with Gasteiger partial charge in [0.2, 0.25) is 0 Å². The molecule has 0 spiro atoms. The molecule has 1 heterocycles. The molecule has 3 nitrogen and oxygen atoms in total. The summed E-state index contributed by atoms with van der Waals surface area (Å²) in [5.41, 5.74) is 4.80. The quantitative estimate of drug-likeness (QED) is 0.900. The zero-order chi connectivity index (χ0) is 14.9. The van der Waals surface area contributed by atoms with Gasteiger partial charge in [0.05, 0.1) is 5.69 Å². The molecule has 108 valence electrons. The van der Waals surface area contributed by atoms with Gasteiger partial charge in [-0.15, -0.1) is 0 Å². The van der Waals surface area contributed by atoms with E-state index in [-0.39, 0.29) is 5.41 Å². The lowest BCUT2D eigenvalue weighted by atomic mass is 9.89. The van der Waals surface area contributed by atoms with Crippen LogP contribution < -0.4 is 5.32 Å². The van der Waals surface area contributed by atoms with E-state index in [9.17, 15) is 0 Å². The smallest absolute Gasteiger partial charge is 0.0727 e. The molecule has 1 aromatic carbocycles. The van der Waals surface area contributed by atoms with Crippen LogP contribution in [-0.2, 0) is 19.0 Å². The minimum absolute atomic E-state index is 0.0576. The Labute approximate surface area is 129 Å². The molecule has 0 amide bonds. The third-order valence-corrected chi connectivity index (χ3v) is 4.33. The molecule has 0 saturated heterocycles. The number of rotatable bonds is 3. The molecule has 0 saturated carbocycles. The lowest BCUT2D eigenvalue weighted by molar-refractivity contribution is 0.549. The van der Waals surface area contributed by atoms with E-state index in [0.29, 0.717) is 0 Å². The van der Waals surface area contributed by atoms with E-state index in [1.165, 1.54) is 11.1 Å².